The quantitative estimate of drug-likeness (QED) is 0.375. The van der Waals surface area contributed by atoms with Crippen LogP contribution >= 0.6 is 15.9 Å². The highest BCUT2D eigenvalue weighted by molar-refractivity contribution is 9.09. The van der Waals surface area contributed by atoms with Gasteiger partial charge in [0.2, 0.25) is 0 Å². The summed E-state index contributed by atoms with van der Waals surface area (Å²) in [7, 11) is 2.52. The van der Waals surface area contributed by atoms with E-state index in [2.05, 4.69) is 25.4 Å². The molecule has 0 atom stereocenters. The van der Waals surface area contributed by atoms with Gasteiger partial charge in [0.15, 0.2) is 23.1 Å². The van der Waals surface area contributed by atoms with Crippen molar-refractivity contribution in [1.29, 1.82) is 0 Å². The molecule has 2 aromatic rings. The van der Waals surface area contributed by atoms with Gasteiger partial charge in [0.1, 0.15) is 23.2 Å². The number of benzene rings is 2. The normalized spacial score (nSPS) is 9.93. The number of methoxy groups -OCH3 is 2. The zero-order valence-electron chi connectivity index (χ0n) is 14.5. The van der Waals surface area contributed by atoms with Crippen molar-refractivity contribution in [3.8, 4) is 11.5 Å². The lowest BCUT2D eigenvalue weighted by atomic mass is 10.1. The van der Waals surface area contributed by atoms with Crippen LogP contribution in [0.1, 0.15) is 27.6 Å². The monoisotopic (exact) mass is 450 g/mol. The van der Waals surface area contributed by atoms with E-state index in [4.69, 9.17) is 0 Å². The maximum atomic E-state index is 13.2. The van der Waals surface area contributed by atoms with Gasteiger partial charge in [0.05, 0.1) is 30.7 Å². The van der Waals surface area contributed by atoms with Crippen LogP contribution in [0, 0.1) is 23.3 Å². The Balaban J connectivity index is 0.000000271. The minimum Gasteiger partial charge on any atom is -0.497 e. The van der Waals surface area contributed by atoms with Crippen molar-refractivity contribution in [2.75, 3.05) is 19.5 Å². The number of carbonyl (C=O) groups excluding carboxylic acids is 2. The molecular formula is C18H15BrF4O4. The van der Waals surface area contributed by atoms with Gasteiger partial charge in [0, 0.05) is 18.2 Å². The molecule has 0 aromatic heterocycles. The number of halogens is 5. The average molecular weight is 451 g/mol. The first-order valence-corrected chi connectivity index (χ1v) is 8.44. The molecule has 0 amide bonds. The van der Waals surface area contributed by atoms with Crippen molar-refractivity contribution in [2.24, 2.45) is 0 Å². The van der Waals surface area contributed by atoms with Crippen LogP contribution in [0.5, 0.6) is 11.5 Å². The summed E-state index contributed by atoms with van der Waals surface area (Å²) in [6, 6.07) is 3.63. The van der Waals surface area contributed by atoms with E-state index in [-0.39, 0.29) is 22.4 Å². The predicted octanol–water partition coefficient (Wildman–Crippen LogP) is 4.73. The topological polar surface area (TPSA) is 52.6 Å². The third kappa shape index (κ3) is 5.78. The predicted molar refractivity (Wildman–Crippen MR) is 93.9 cm³/mol. The summed E-state index contributed by atoms with van der Waals surface area (Å²) >= 11 is 2.88. The van der Waals surface area contributed by atoms with Gasteiger partial charge in [-0.05, 0) is 13.0 Å². The minimum absolute atomic E-state index is 0.0459. The largest absolute Gasteiger partial charge is 0.497 e. The Morgan fingerprint density at radius 1 is 0.889 bits per heavy atom. The Hall–Kier alpha value is -2.42. The molecule has 4 nitrogen and oxygen atoms in total. The standard InChI is InChI=1S/C9H7BrF2O2.C9H8F2O2/c1-14-9-3-6(11)5(2-7(9)12)8(13)4-10;1-5(12)9-7(10)3-6(13-2)4-8(9)11/h2-3H,4H2,1H3;3-4H,1-2H3. The molecule has 0 radical (unpaired) electrons. The SMILES string of the molecule is COc1cc(F)c(C(=O)CBr)cc1F.COc1cc(F)c(C(C)=O)c(F)c1. The minimum atomic E-state index is -0.899. The van der Waals surface area contributed by atoms with Crippen LogP contribution in [0.4, 0.5) is 17.6 Å². The number of alkyl halides is 1. The van der Waals surface area contributed by atoms with Crippen LogP contribution in [-0.2, 0) is 0 Å². The van der Waals surface area contributed by atoms with E-state index in [1.165, 1.54) is 14.2 Å². The lowest BCUT2D eigenvalue weighted by Gasteiger charge is -2.04. The molecular weight excluding hydrogens is 436 g/mol. The number of carbonyl (C=O) groups is 2. The second-order valence-corrected chi connectivity index (χ2v) is 5.61. The first-order chi connectivity index (χ1) is 12.7. The van der Waals surface area contributed by atoms with Crippen molar-refractivity contribution in [2.45, 2.75) is 6.92 Å². The second-order valence-electron chi connectivity index (χ2n) is 5.05. The molecule has 0 saturated heterocycles. The molecule has 0 aliphatic carbocycles. The molecule has 0 spiro atoms. The summed E-state index contributed by atoms with van der Waals surface area (Å²) < 4.78 is 61.4. The van der Waals surface area contributed by atoms with Crippen molar-refractivity contribution < 1.29 is 36.6 Å². The van der Waals surface area contributed by atoms with E-state index in [1.807, 2.05) is 0 Å². The lowest BCUT2D eigenvalue weighted by molar-refractivity contribution is 0.1000. The van der Waals surface area contributed by atoms with E-state index >= 15 is 0 Å². The molecule has 0 N–H and O–H groups in total. The van der Waals surface area contributed by atoms with E-state index in [0.29, 0.717) is 0 Å². The highest BCUT2D eigenvalue weighted by Gasteiger charge is 2.16. The van der Waals surface area contributed by atoms with Gasteiger partial charge in [-0.25, -0.2) is 17.6 Å². The molecule has 0 saturated carbocycles. The van der Waals surface area contributed by atoms with Crippen LogP contribution in [0.25, 0.3) is 0 Å². The van der Waals surface area contributed by atoms with E-state index < -0.39 is 40.4 Å². The van der Waals surface area contributed by atoms with Crippen LogP contribution < -0.4 is 9.47 Å². The number of rotatable bonds is 5. The fourth-order valence-electron chi connectivity index (χ4n) is 1.97. The number of Topliss-reactive ketones (excluding diaryl/α,β-unsaturated/α-hetero) is 2. The van der Waals surface area contributed by atoms with Crippen molar-refractivity contribution in [1.82, 2.24) is 0 Å². The number of hydrogen-bond acceptors (Lipinski definition) is 4. The fraction of sp³-hybridized carbons (Fsp3) is 0.222. The van der Waals surface area contributed by atoms with E-state index in [9.17, 15) is 27.2 Å². The molecule has 0 unspecified atom stereocenters. The van der Waals surface area contributed by atoms with Gasteiger partial charge in [-0.2, -0.15) is 0 Å². The summed E-state index contributed by atoms with van der Waals surface area (Å²) in [5.41, 5.74) is -0.805. The van der Waals surface area contributed by atoms with Gasteiger partial charge in [0.25, 0.3) is 0 Å². The number of ether oxygens (including phenoxy) is 2. The third-order valence-electron chi connectivity index (χ3n) is 3.27. The maximum absolute atomic E-state index is 13.2. The van der Waals surface area contributed by atoms with Gasteiger partial charge in [-0.1, -0.05) is 15.9 Å². The van der Waals surface area contributed by atoms with Crippen molar-refractivity contribution in [3.63, 3.8) is 0 Å². The van der Waals surface area contributed by atoms with Gasteiger partial charge >= 0.3 is 0 Å². The zero-order chi connectivity index (χ0) is 20.7. The smallest absolute Gasteiger partial charge is 0.176 e. The number of hydrogen-bond donors (Lipinski definition) is 0. The van der Waals surface area contributed by atoms with Gasteiger partial charge in [-0.15, -0.1) is 0 Å². The second kappa shape index (κ2) is 10.1. The van der Waals surface area contributed by atoms with Gasteiger partial charge in [-0.3, -0.25) is 9.59 Å². The summed E-state index contributed by atoms with van der Waals surface area (Å²) in [6.45, 7) is 1.11. The summed E-state index contributed by atoms with van der Waals surface area (Å²) in [4.78, 5) is 21.9. The Bertz CT molecular complexity index is 832. The molecule has 146 valence electrons. The summed E-state index contributed by atoms with van der Waals surface area (Å²) in [5, 5.41) is -0.0459. The van der Waals surface area contributed by atoms with Crippen molar-refractivity contribution in [3.05, 3.63) is 58.7 Å². The summed E-state index contributed by atoms with van der Waals surface area (Å²) in [6.07, 6.45) is 0. The Kier molecular flexibility index (Phi) is 8.42. The molecule has 2 rings (SSSR count). The zero-order valence-corrected chi connectivity index (χ0v) is 16.1. The Labute approximate surface area is 161 Å². The molecule has 2 aromatic carbocycles. The maximum Gasteiger partial charge on any atom is 0.176 e. The molecule has 0 heterocycles. The Morgan fingerprint density at radius 3 is 1.85 bits per heavy atom. The molecule has 0 aliphatic rings. The molecule has 0 fully saturated rings. The van der Waals surface area contributed by atoms with Crippen molar-refractivity contribution >= 4 is 27.5 Å². The number of ketones is 2. The van der Waals surface area contributed by atoms with Gasteiger partial charge < -0.3 is 9.47 Å². The third-order valence-corrected chi connectivity index (χ3v) is 3.78. The highest BCUT2D eigenvalue weighted by Crippen LogP contribution is 2.22. The summed E-state index contributed by atoms with van der Waals surface area (Å²) in [5.74, 6) is -4.64. The lowest BCUT2D eigenvalue weighted by Crippen LogP contribution is -2.05. The molecule has 0 aliphatic heterocycles. The molecule has 0 bridgehead atoms. The molecule has 27 heavy (non-hydrogen) atoms. The van der Waals surface area contributed by atoms with Crippen LogP contribution in [0.2, 0.25) is 0 Å². The van der Waals surface area contributed by atoms with E-state index in [0.717, 1.165) is 31.2 Å². The van der Waals surface area contributed by atoms with Crippen LogP contribution in [0.15, 0.2) is 24.3 Å². The molecule has 9 heteroatoms. The average Bonchev–Trinajstić information content (AvgIpc) is 2.62. The van der Waals surface area contributed by atoms with Crippen LogP contribution in [-0.4, -0.2) is 31.1 Å². The van der Waals surface area contributed by atoms with Crippen LogP contribution in [0.3, 0.4) is 0 Å². The first-order valence-electron chi connectivity index (χ1n) is 7.32. The highest BCUT2D eigenvalue weighted by atomic mass is 79.9. The Morgan fingerprint density at radius 2 is 1.44 bits per heavy atom. The van der Waals surface area contributed by atoms with E-state index in [1.54, 1.807) is 0 Å². The fourth-order valence-corrected chi connectivity index (χ4v) is 2.28. The first kappa shape index (κ1) is 22.6.